The van der Waals surface area contributed by atoms with Gasteiger partial charge in [0.1, 0.15) is 0 Å². The lowest BCUT2D eigenvalue weighted by Gasteiger charge is -2.29. The van der Waals surface area contributed by atoms with E-state index in [4.69, 9.17) is 14.2 Å². The maximum absolute atomic E-state index is 12.3. The fourth-order valence-electron chi connectivity index (χ4n) is 3.23. The van der Waals surface area contributed by atoms with Gasteiger partial charge in [0, 0.05) is 6.04 Å². The zero-order valence-corrected chi connectivity index (χ0v) is 16.6. The van der Waals surface area contributed by atoms with E-state index in [1.54, 1.807) is 18.2 Å². The van der Waals surface area contributed by atoms with Crippen molar-refractivity contribution in [2.45, 2.75) is 58.9 Å². The van der Waals surface area contributed by atoms with Crippen LogP contribution in [0.4, 0.5) is 0 Å². The Labute approximate surface area is 161 Å². The number of nitrogens with one attached hydrogen (secondary N) is 1. The Morgan fingerprint density at radius 2 is 1.89 bits per heavy atom. The van der Waals surface area contributed by atoms with Crippen LogP contribution in [0.25, 0.3) is 0 Å². The lowest BCUT2D eigenvalue weighted by atomic mass is 9.86. The predicted octanol–water partition coefficient (Wildman–Crippen LogP) is 3.73. The number of ether oxygens (including phenoxy) is 3. The van der Waals surface area contributed by atoms with E-state index >= 15 is 0 Å². The molecule has 0 aliphatic heterocycles. The number of hydrogen-bond donors (Lipinski definition) is 1. The molecule has 0 heterocycles. The molecule has 2 atom stereocenters. The van der Waals surface area contributed by atoms with Crippen LogP contribution in [0.2, 0.25) is 0 Å². The van der Waals surface area contributed by atoms with Gasteiger partial charge in [-0.3, -0.25) is 4.79 Å². The molecule has 1 aliphatic rings. The Morgan fingerprint density at radius 3 is 2.59 bits per heavy atom. The zero-order valence-electron chi connectivity index (χ0n) is 16.6. The number of esters is 1. The van der Waals surface area contributed by atoms with Crippen molar-refractivity contribution in [2.75, 3.05) is 19.8 Å². The molecule has 27 heavy (non-hydrogen) atoms. The Morgan fingerprint density at radius 1 is 1.11 bits per heavy atom. The van der Waals surface area contributed by atoms with Crippen LogP contribution in [0.5, 0.6) is 11.5 Å². The summed E-state index contributed by atoms with van der Waals surface area (Å²) in [6.07, 6.45) is 5.32. The standard InChI is InChI=1S/C21H31NO5/c1-4-12-26-18-11-10-16(13-19(18)25-5-2)21(24)27-14-20(23)22-17-9-7-6-8-15(17)3/h10-11,13,15,17H,4-9,12,14H2,1-3H3,(H,22,23)/t15-,17-/m1/s1. The van der Waals surface area contributed by atoms with Crippen molar-refractivity contribution in [3.8, 4) is 11.5 Å². The van der Waals surface area contributed by atoms with Gasteiger partial charge in [0.25, 0.3) is 5.91 Å². The van der Waals surface area contributed by atoms with E-state index in [9.17, 15) is 9.59 Å². The van der Waals surface area contributed by atoms with E-state index in [1.807, 2.05) is 13.8 Å². The lowest BCUT2D eigenvalue weighted by molar-refractivity contribution is -0.125. The van der Waals surface area contributed by atoms with E-state index < -0.39 is 5.97 Å². The van der Waals surface area contributed by atoms with Crippen molar-refractivity contribution < 1.29 is 23.8 Å². The molecule has 2 rings (SSSR count). The number of amides is 1. The van der Waals surface area contributed by atoms with Gasteiger partial charge in [0.05, 0.1) is 18.8 Å². The second-order valence-electron chi connectivity index (χ2n) is 6.95. The summed E-state index contributed by atoms with van der Waals surface area (Å²) in [5.41, 5.74) is 0.334. The van der Waals surface area contributed by atoms with Gasteiger partial charge in [0.2, 0.25) is 0 Å². The molecule has 6 nitrogen and oxygen atoms in total. The summed E-state index contributed by atoms with van der Waals surface area (Å²) in [4.78, 5) is 24.4. The number of hydrogen-bond acceptors (Lipinski definition) is 5. The summed E-state index contributed by atoms with van der Waals surface area (Å²) in [5, 5.41) is 2.98. The van der Waals surface area contributed by atoms with E-state index in [0.717, 1.165) is 25.7 Å². The molecule has 1 aliphatic carbocycles. The maximum Gasteiger partial charge on any atom is 0.338 e. The molecule has 0 aromatic heterocycles. The molecule has 0 saturated heterocycles. The highest BCUT2D eigenvalue weighted by atomic mass is 16.5. The fourth-order valence-corrected chi connectivity index (χ4v) is 3.23. The van der Waals surface area contributed by atoms with Gasteiger partial charge in [0.15, 0.2) is 18.1 Å². The van der Waals surface area contributed by atoms with E-state index in [0.29, 0.717) is 36.2 Å². The van der Waals surface area contributed by atoms with Crippen LogP contribution in [0, 0.1) is 5.92 Å². The quantitative estimate of drug-likeness (QED) is 0.664. The highest BCUT2D eigenvalue weighted by molar-refractivity contribution is 5.92. The van der Waals surface area contributed by atoms with Crippen LogP contribution in [0.1, 0.15) is 63.2 Å². The van der Waals surface area contributed by atoms with Crippen LogP contribution in [-0.2, 0) is 9.53 Å². The Hall–Kier alpha value is -2.24. The van der Waals surface area contributed by atoms with Crippen LogP contribution >= 0.6 is 0 Å². The minimum absolute atomic E-state index is 0.171. The SMILES string of the molecule is CCCOc1ccc(C(=O)OCC(=O)N[C@@H]2CCCC[C@H]2C)cc1OCC. The highest BCUT2D eigenvalue weighted by Gasteiger charge is 2.23. The monoisotopic (exact) mass is 377 g/mol. The lowest BCUT2D eigenvalue weighted by Crippen LogP contribution is -2.42. The summed E-state index contributed by atoms with van der Waals surface area (Å²) in [5.74, 6) is 0.753. The molecule has 0 spiro atoms. The number of benzene rings is 1. The zero-order chi connectivity index (χ0) is 19.6. The first-order valence-electron chi connectivity index (χ1n) is 9.91. The molecule has 150 valence electrons. The average molecular weight is 377 g/mol. The average Bonchev–Trinajstić information content (AvgIpc) is 2.67. The second kappa shape index (κ2) is 10.8. The summed E-state index contributed by atoms with van der Waals surface area (Å²) >= 11 is 0. The first-order valence-corrected chi connectivity index (χ1v) is 9.91. The van der Waals surface area contributed by atoms with Crippen molar-refractivity contribution >= 4 is 11.9 Å². The third-order valence-corrected chi connectivity index (χ3v) is 4.73. The van der Waals surface area contributed by atoms with E-state index in [1.165, 1.54) is 6.42 Å². The summed E-state index contributed by atoms with van der Waals surface area (Å²) in [6, 6.07) is 5.08. The molecule has 0 bridgehead atoms. The molecular weight excluding hydrogens is 346 g/mol. The van der Waals surface area contributed by atoms with Gasteiger partial charge in [-0.15, -0.1) is 0 Å². The van der Waals surface area contributed by atoms with Crippen LogP contribution in [-0.4, -0.2) is 37.7 Å². The summed E-state index contributed by atoms with van der Waals surface area (Å²) in [6.45, 7) is 6.79. The molecule has 1 aromatic rings. The van der Waals surface area contributed by atoms with Crippen molar-refractivity contribution in [3.05, 3.63) is 23.8 Å². The Kier molecular flexibility index (Phi) is 8.43. The maximum atomic E-state index is 12.3. The molecule has 6 heteroatoms. The molecule has 1 fully saturated rings. The van der Waals surface area contributed by atoms with Crippen LogP contribution in [0.15, 0.2) is 18.2 Å². The fraction of sp³-hybridized carbons (Fsp3) is 0.619. The van der Waals surface area contributed by atoms with Gasteiger partial charge in [-0.2, -0.15) is 0 Å². The van der Waals surface area contributed by atoms with Crippen molar-refractivity contribution in [1.29, 1.82) is 0 Å². The minimum atomic E-state index is -0.551. The first kappa shape index (κ1) is 21.1. The Bertz CT molecular complexity index is 631. The van der Waals surface area contributed by atoms with E-state index in [-0.39, 0.29) is 18.6 Å². The van der Waals surface area contributed by atoms with Gasteiger partial charge in [-0.1, -0.05) is 26.7 Å². The van der Waals surface area contributed by atoms with Crippen LogP contribution in [0.3, 0.4) is 0 Å². The van der Waals surface area contributed by atoms with E-state index in [2.05, 4.69) is 12.2 Å². The molecule has 1 saturated carbocycles. The summed E-state index contributed by atoms with van der Waals surface area (Å²) < 4.78 is 16.3. The molecular formula is C21H31NO5. The highest BCUT2D eigenvalue weighted by Crippen LogP contribution is 2.29. The Balaban J connectivity index is 1.90. The molecule has 1 aromatic carbocycles. The molecule has 0 unspecified atom stereocenters. The van der Waals surface area contributed by atoms with Gasteiger partial charge in [-0.05, 0) is 50.3 Å². The smallest absolute Gasteiger partial charge is 0.338 e. The molecule has 0 radical (unpaired) electrons. The number of carbonyl (C=O) groups is 2. The first-order chi connectivity index (χ1) is 13.0. The molecule has 1 N–H and O–H groups in total. The van der Waals surface area contributed by atoms with Crippen molar-refractivity contribution in [3.63, 3.8) is 0 Å². The van der Waals surface area contributed by atoms with Gasteiger partial charge < -0.3 is 19.5 Å². The number of carbonyl (C=O) groups excluding carboxylic acids is 2. The normalized spacial score (nSPS) is 19.2. The largest absolute Gasteiger partial charge is 0.490 e. The molecule has 1 amide bonds. The topological polar surface area (TPSA) is 73.9 Å². The predicted molar refractivity (Wildman–Crippen MR) is 103 cm³/mol. The third-order valence-electron chi connectivity index (χ3n) is 4.73. The van der Waals surface area contributed by atoms with Crippen LogP contribution < -0.4 is 14.8 Å². The minimum Gasteiger partial charge on any atom is -0.490 e. The second-order valence-corrected chi connectivity index (χ2v) is 6.95. The van der Waals surface area contributed by atoms with Crippen molar-refractivity contribution in [2.24, 2.45) is 5.92 Å². The van der Waals surface area contributed by atoms with Crippen molar-refractivity contribution in [1.82, 2.24) is 5.32 Å². The third kappa shape index (κ3) is 6.45. The number of rotatable bonds is 9. The summed E-state index contributed by atoms with van der Waals surface area (Å²) in [7, 11) is 0. The van der Waals surface area contributed by atoms with Gasteiger partial charge in [-0.25, -0.2) is 4.79 Å². The van der Waals surface area contributed by atoms with Gasteiger partial charge >= 0.3 is 5.97 Å².